The van der Waals surface area contributed by atoms with Crippen molar-refractivity contribution in [2.45, 2.75) is 0 Å². The molecule has 1 aliphatic rings. The van der Waals surface area contributed by atoms with Crippen LogP contribution in [0.3, 0.4) is 0 Å². The van der Waals surface area contributed by atoms with Crippen LogP contribution in [-0.4, -0.2) is 51.4 Å². The Kier molecular flexibility index (Phi) is 3.86. The van der Waals surface area contributed by atoms with Crippen LogP contribution in [0, 0.1) is 0 Å². The Morgan fingerprint density at radius 1 is 1.00 bits per heavy atom. The molecule has 1 aliphatic heterocycles. The van der Waals surface area contributed by atoms with Gasteiger partial charge in [0.05, 0.1) is 16.5 Å². The topological polar surface area (TPSA) is 73.7 Å². The van der Waals surface area contributed by atoms with Crippen molar-refractivity contribution in [2.75, 3.05) is 31.1 Å². The van der Waals surface area contributed by atoms with Gasteiger partial charge in [-0.25, -0.2) is 4.98 Å². The van der Waals surface area contributed by atoms with Crippen LogP contribution >= 0.6 is 0 Å². The molecule has 5 rings (SSSR count). The van der Waals surface area contributed by atoms with Gasteiger partial charge in [-0.3, -0.25) is 9.59 Å². The molecule has 0 saturated carbocycles. The van der Waals surface area contributed by atoms with Crippen molar-refractivity contribution in [3.8, 4) is 0 Å². The molecule has 140 valence electrons. The summed E-state index contributed by atoms with van der Waals surface area (Å²) in [6.07, 6.45) is 3.59. The van der Waals surface area contributed by atoms with Crippen molar-refractivity contribution in [3.63, 3.8) is 0 Å². The molecule has 0 atom stereocenters. The Hall–Kier alpha value is -3.61. The van der Waals surface area contributed by atoms with E-state index >= 15 is 0 Å². The summed E-state index contributed by atoms with van der Waals surface area (Å²) < 4.78 is 1.87. The highest BCUT2D eigenvalue weighted by atomic mass is 16.2. The van der Waals surface area contributed by atoms with E-state index in [-0.39, 0.29) is 11.5 Å². The largest absolute Gasteiger partial charge is 0.353 e. The molecule has 0 bridgehead atoms. The van der Waals surface area contributed by atoms with E-state index in [1.54, 1.807) is 24.5 Å². The number of rotatable bonds is 2. The highest BCUT2D eigenvalue weighted by Gasteiger charge is 2.24. The molecule has 4 heterocycles. The maximum Gasteiger partial charge on any atom is 0.258 e. The van der Waals surface area contributed by atoms with Crippen LogP contribution in [0.25, 0.3) is 16.6 Å². The zero-order valence-corrected chi connectivity index (χ0v) is 15.2. The van der Waals surface area contributed by atoms with Crippen molar-refractivity contribution in [1.29, 1.82) is 0 Å². The standard InChI is InChI=1S/C21H19N5O2/c27-20-16-5-1-2-6-17(16)26-14-15(13-19(26)23-20)21(28)25-11-9-24(10-12-25)18-7-3-4-8-22-18/h1-8,13-14H,9-12H2,(H,23,27). The lowest BCUT2D eigenvalue weighted by molar-refractivity contribution is 0.0746. The number of nitrogens with one attached hydrogen (secondary N) is 1. The summed E-state index contributed by atoms with van der Waals surface area (Å²) in [5, 5.41) is 0.605. The van der Waals surface area contributed by atoms with Crippen molar-refractivity contribution in [3.05, 3.63) is 76.8 Å². The molecule has 0 radical (unpaired) electrons. The van der Waals surface area contributed by atoms with Gasteiger partial charge in [0.15, 0.2) is 0 Å². The third kappa shape index (κ3) is 2.72. The number of nitrogens with zero attached hydrogens (tertiary/aromatic N) is 4. The van der Waals surface area contributed by atoms with Gasteiger partial charge in [0.1, 0.15) is 11.5 Å². The number of aromatic amines is 1. The summed E-state index contributed by atoms with van der Waals surface area (Å²) in [5.41, 5.74) is 1.85. The van der Waals surface area contributed by atoms with E-state index in [1.807, 2.05) is 45.7 Å². The number of para-hydroxylation sites is 1. The molecule has 0 unspecified atom stereocenters. The van der Waals surface area contributed by atoms with Gasteiger partial charge >= 0.3 is 0 Å². The van der Waals surface area contributed by atoms with Crippen LogP contribution in [-0.2, 0) is 0 Å². The van der Waals surface area contributed by atoms with Gasteiger partial charge in [-0.05, 0) is 30.3 Å². The van der Waals surface area contributed by atoms with Gasteiger partial charge in [-0.1, -0.05) is 18.2 Å². The summed E-state index contributed by atoms with van der Waals surface area (Å²) >= 11 is 0. The van der Waals surface area contributed by atoms with E-state index < -0.39 is 0 Å². The Balaban J connectivity index is 1.41. The summed E-state index contributed by atoms with van der Waals surface area (Å²) in [6.45, 7) is 2.77. The molecule has 0 aliphatic carbocycles. The normalized spacial score (nSPS) is 14.7. The van der Waals surface area contributed by atoms with E-state index in [4.69, 9.17) is 0 Å². The first-order valence-electron chi connectivity index (χ1n) is 9.29. The van der Waals surface area contributed by atoms with Crippen molar-refractivity contribution < 1.29 is 4.79 Å². The lowest BCUT2D eigenvalue weighted by Gasteiger charge is -2.35. The monoisotopic (exact) mass is 373 g/mol. The molecule has 28 heavy (non-hydrogen) atoms. The summed E-state index contributed by atoms with van der Waals surface area (Å²) in [5.74, 6) is 0.919. The quantitative estimate of drug-likeness (QED) is 0.584. The zero-order valence-electron chi connectivity index (χ0n) is 15.2. The second-order valence-electron chi connectivity index (χ2n) is 6.92. The van der Waals surface area contributed by atoms with Gasteiger partial charge in [0, 0.05) is 38.6 Å². The first-order chi connectivity index (χ1) is 13.7. The highest BCUT2D eigenvalue weighted by molar-refractivity contribution is 5.96. The number of piperazine rings is 1. The number of carbonyl (C=O) groups excluding carboxylic acids is 1. The minimum atomic E-state index is -0.149. The number of amides is 1. The van der Waals surface area contributed by atoms with Crippen LogP contribution in [0.5, 0.6) is 0 Å². The predicted molar refractivity (Wildman–Crippen MR) is 108 cm³/mol. The number of H-pyrrole nitrogens is 1. The first-order valence-corrected chi connectivity index (χ1v) is 9.29. The third-order valence-corrected chi connectivity index (χ3v) is 5.26. The van der Waals surface area contributed by atoms with E-state index in [2.05, 4.69) is 14.9 Å². The second kappa shape index (κ2) is 6.53. The Labute approximate surface area is 160 Å². The SMILES string of the molecule is O=C(c1cc2[nH]c(=O)c3ccccc3n2c1)N1CCN(c2ccccn2)CC1. The van der Waals surface area contributed by atoms with Crippen LogP contribution in [0.4, 0.5) is 5.82 Å². The molecule has 0 spiro atoms. The smallest absolute Gasteiger partial charge is 0.258 e. The minimum Gasteiger partial charge on any atom is -0.353 e. The number of aromatic nitrogens is 3. The van der Waals surface area contributed by atoms with E-state index in [9.17, 15) is 9.59 Å². The van der Waals surface area contributed by atoms with E-state index in [0.717, 1.165) is 24.4 Å². The molecular weight excluding hydrogens is 354 g/mol. The number of anilines is 1. The maximum absolute atomic E-state index is 13.0. The van der Waals surface area contributed by atoms with Crippen LogP contribution < -0.4 is 10.5 Å². The molecular formula is C21H19N5O2. The summed E-state index contributed by atoms with van der Waals surface area (Å²) in [6, 6.07) is 15.0. The first kappa shape index (κ1) is 16.6. The Morgan fingerprint density at radius 2 is 1.79 bits per heavy atom. The van der Waals surface area contributed by atoms with Crippen molar-refractivity contribution in [1.82, 2.24) is 19.3 Å². The second-order valence-corrected chi connectivity index (χ2v) is 6.92. The molecule has 1 aromatic carbocycles. The van der Waals surface area contributed by atoms with Crippen molar-refractivity contribution in [2.24, 2.45) is 0 Å². The van der Waals surface area contributed by atoms with E-state index in [0.29, 0.717) is 29.7 Å². The highest BCUT2D eigenvalue weighted by Crippen LogP contribution is 2.18. The Morgan fingerprint density at radius 3 is 2.57 bits per heavy atom. The summed E-state index contributed by atoms with van der Waals surface area (Å²) in [4.78, 5) is 36.6. The molecule has 1 fully saturated rings. The molecule has 1 amide bonds. The van der Waals surface area contributed by atoms with Gasteiger partial charge in [0.25, 0.3) is 11.5 Å². The molecule has 1 N–H and O–H groups in total. The zero-order chi connectivity index (χ0) is 19.1. The predicted octanol–water partition coefficient (Wildman–Crippen LogP) is 2.14. The molecule has 7 nitrogen and oxygen atoms in total. The number of hydrogen-bond donors (Lipinski definition) is 1. The van der Waals surface area contributed by atoms with Gasteiger partial charge in [-0.2, -0.15) is 0 Å². The van der Waals surface area contributed by atoms with Crippen LogP contribution in [0.2, 0.25) is 0 Å². The minimum absolute atomic E-state index is 0.0192. The van der Waals surface area contributed by atoms with E-state index in [1.165, 1.54) is 0 Å². The molecule has 3 aromatic heterocycles. The fraction of sp³-hybridized carbons (Fsp3) is 0.190. The fourth-order valence-corrected chi connectivity index (χ4v) is 3.80. The van der Waals surface area contributed by atoms with Gasteiger partial charge < -0.3 is 19.2 Å². The Bertz CT molecular complexity index is 1220. The number of pyridine rings is 1. The van der Waals surface area contributed by atoms with Gasteiger partial charge in [0.2, 0.25) is 0 Å². The molecule has 7 heteroatoms. The van der Waals surface area contributed by atoms with Crippen molar-refractivity contribution >= 4 is 28.3 Å². The molecule has 1 saturated heterocycles. The average Bonchev–Trinajstić information content (AvgIpc) is 3.18. The molecule has 4 aromatic rings. The fourth-order valence-electron chi connectivity index (χ4n) is 3.80. The third-order valence-electron chi connectivity index (χ3n) is 5.26. The summed E-state index contributed by atoms with van der Waals surface area (Å²) in [7, 11) is 0. The number of fused-ring (bicyclic) bond motifs is 3. The lowest BCUT2D eigenvalue weighted by atomic mass is 10.2. The van der Waals surface area contributed by atoms with Gasteiger partial charge in [-0.15, -0.1) is 0 Å². The number of hydrogen-bond acceptors (Lipinski definition) is 4. The number of carbonyl (C=O) groups is 1. The lowest BCUT2D eigenvalue weighted by Crippen LogP contribution is -2.49. The average molecular weight is 373 g/mol. The van der Waals surface area contributed by atoms with Crippen LogP contribution in [0.15, 0.2) is 65.7 Å². The van der Waals surface area contributed by atoms with Crippen LogP contribution in [0.1, 0.15) is 10.4 Å². The number of benzene rings is 1. The maximum atomic E-state index is 13.0.